The smallest absolute Gasteiger partial charge is 0.325 e. The Morgan fingerprint density at radius 1 is 0.857 bits per heavy atom. The average molecular weight is 378 g/mol. The van der Waals surface area contributed by atoms with Crippen molar-refractivity contribution in [2.24, 2.45) is 0 Å². The first kappa shape index (κ1) is 17.6. The molecule has 2 aromatic carbocycles. The molecular weight excluding hydrogens is 364 g/mol. The van der Waals surface area contributed by atoms with E-state index in [1.54, 1.807) is 30.3 Å². The van der Waals surface area contributed by atoms with Gasteiger partial charge in [-0.25, -0.2) is 4.79 Å². The molecule has 1 fully saturated rings. The van der Waals surface area contributed by atoms with Crippen LogP contribution in [0.3, 0.4) is 0 Å². The Balaban J connectivity index is 1.67. The van der Waals surface area contributed by atoms with E-state index in [9.17, 15) is 24.0 Å². The fraction of sp³-hybridized carbons (Fsp3) is 0.150. The number of imide groups is 2. The van der Waals surface area contributed by atoms with Gasteiger partial charge in [-0.15, -0.1) is 5.06 Å². The Bertz CT molecular complexity index is 1050. The third-order valence-electron chi connectivity index (χ3n) is 4.64. The Kier molecular flexibility index (Phi) is 4.23. The molecule has 4 rings (SSSR count). The summed E-state index contributed by atoms with van der Waals surface area (Å²) in [4.78, 5) is 65.7. The van der Waals surface area contributed by atoms with Crippen LogP contribution >= 0.6 is 0 Å². The van der Waals surface area contributed by atoms with E-state index < -0.39 is 29.6 Å². The monoisotopic (exact) mass is 378 g/mol. The lowest BCUT2D eigenvalue weighted by atomic mass is 9.99. The van der Waals surface area contributed by atoms with Gasteiger partial charge in [-0.05, 0) is 22.4 Å². The summed E-state index contributed by atoms with van der Waals surface area (Å²) in [7, 11) is 0. The molecule has 0 unspecified atom stereocenters. The van der Waals surface area contributed by atoms with Crippen molar-refractivity contribution in [3.05, 3.63) is 59.7 Å². The molecule has 140 valence electrons. The van der Waals surface area contributed by atoms with Crippen molar-refractivity contribution in [2.45, 2.75) is 19.4 Å². The van der Waals surface area contributed by atoms with Gasteiger partial charge < -0.3 is 4.84 Å². The average Bonchev–Trinajstić information content (AvgIpc) is 3.18. The van der Waals surface area contributed by atoms with Crippen molar-refractivity contribution < 1.29 is 28.8 Å². The van der Waals surface area contributed by atoms with Gasteiger partial charge in [0.1, 0.15) is 0 Å². The lowest BCUT2D eigenvalue weighted by Gasteiger charge is -2.17. The van der Waals surface area contributed by atoms with Crippen LogP contribution in [-0.4, -0.2) is 39.6 Å². The second kappa shape index (κ2) is 6.73. The lowest BCUT2D eigenvalue weighted by Crippen LogP contribution is -2.32. The second-order valence-electron chi connectivity index (χ2n) is 6.37. The highest BCUT2D eigenvalue weighted by molar-refractivity contribution is 6.13. The van der Waals surface area contributed by atoms with Gasteiger partial charge >= 0.3 is 5.97 Å². The zero-order valence-electron chi connectivity index (χ0n) is 14.6. The lowest BCUT2D eigenvalue weighted by molar-refractivity contribution is -0.172. The highest BCUT2D eigenvalue weighted by Gasteiger charge is 2.33. The summed E-state index contributed by atoms with van der Waals surface area (Å²) in [6, 6.07) is 10.0. The van der Waals surface area contributed by atoms with E-state index in [1.165, 1.54) is 18.2 Å². The number of benzene rings is 2. The predicted octanol–water partition coefficient (Wildman–Crippen LogP) is 1.49. The third kappa shape index (κ3) is 2.94. The van der Waals surface area contributed by atoms with Crippen molar-refractivity contribution >= 4 is 40.4 Å². The van der Waals surface area contributed by atoms with Crippen molar-refractivity contribution in [3.63, 3.8) is 0 Å². The molecule has 28 heavy (non-hydrogen) atoms. The topological polar surface area (TPSA) is 101 Å². The van der Waals surface area contributed by atoms with Crippen molar-refractivity contribution in [1.29, 1.82) is 0 Å². The molecule has 2 heterocycles. The molecule has 0 N–H and O–H groups in total. The van der Waals surface area contributed by atoms with E-state index in [0.29, 0.717) is 21.4 Å². The second-order valence-corrected chi connectivity index (χ2v) is 6.37. The maximum atomic E-state index is 12.6. The standard InChI is InChI=1S/C20H14N2O6/c23-16-7-8-17(24)21(16)11-12-5-6-15(14-4-2-1-3-13(12)14)20(27)28-22-18(25)9-10-19(22)26/h1-8H,9-11H2. The fourth-order valence-electron chi connectivity index (χ4n) is 3.22. The van der Waals surface area contributed by atoms with Crippen LogP contribution in [0.5, 0.6) is 0 Å². The molecule has 2 aliphatic rings. The molecule has 8 nitrogen and oxygen atoms in total. The molecule has 1 saturated heterocycles. The summed E-state index contributed by atoms with van der Waals surface area (Å²) in [6.45, 7) is 0.0591. The zero-order chi connectivity index (χ0) is 19.8. The van der Waals surface area contributed by atoms with Crippen LogP contribution in [0.4, 0.5) is 0 Å². The summed E-state index contributed by atoms with van der Waals surface area (Å²) in [5.74, 6) is -2.75. The molecule has 0 aromatic heterocycles. The van der Waals surface area contributed by atoms with Gasteiger partial charge in [0, 0.05) is 25.0 Å². The van der Waals surface area contributed by atoms with Crippen molar-refractivity contribution in [3.8, 4) is 0 Å². The minimum absolute atomic E-state index is 0.0116. The maximum Gasteiger partial charge on any atom is 0.364 e. The summed E-state index contributed by atoms with van der Waals surface area (Å²) in [6.07, 6.45) is 2.44. The summed E-state index contributed by atoms with van der Waals surface area (Å²) in [5, 5.41) is 1.68. The fourth-order valence-corrected chi connectivity index (χ4v) is 3.22. The number of amides is 4. The normalized spacial score (nSPS) is 16.6. The van der Waals surface area contributed by atoms with Crippen LogP contribution in [0, 0.1) is 0 Å². The SMILES string of the molecule is O=C(ON1C(=O)CCC1=O)c1ccc(CN2C(=O)C=CC2=O)c2ccccc12. The van der Waals surface area contributed by atoms with Gasteiger partial charge in [0.15, 0.2) is 0 Å². The number of fused-ring (bicyclic) bond motifs is 1. The summed E-state index contributed by atoms with van der Waals surface area (Å²) < 4.78 is 0. The Hall–Kier alpha value is -3.81. The van der Waals surface area contributed by atoms with E-state index in [2.05, 4.69) is 0 Å². The molecule has 2 aliphatic heterocycles. The molecule has 0 atom stereocenters. The Morgan fingerprint density at radius 3 is 2.11 bits per heavy atom. The molecule has 0 aliphatic carbocycles. The number of hydrogen-bond donors (Lipinski definition) is 0. The highest BCUT2D eigenvalue weighted by atomic mass is 16.7. The van der Waals surface area contributed by atoms with Crippen LogP contribution in [0.2, 0.25) is 0 Å². The van der Waals surface area contributed by atoms with E-state index >= 15 is 0 Å². The minimum Gasteiger partial charge on any atom is -0.325 e. The minimum atomic E-state index is -0.832. The quantitative estimate of drug-likeness (QED) is 0.747. The first-order valence-electron chi connectivity index (χ1n) is 8.58. The zero-order valence-corrected chi connectivity index (χ0v) is 14.6. The van der Waals surface area contributed by atoms with Gasteiger partial charge in [0.2, 0.25) is 0 Å². The molecule has 8 heteroatoms. The van der Waals surface area contributed by atoms with Crippen molar-refractivity contribution in [2.75, 3.05) is 0 Å². The van der Waals surface area contributed by atoms with E-state index in [4.69, 9.17) is 4.84 Å². The van der Waals surface area contributed by atoms with Gasteiger partial charge in [-0.3, -0.25) is 24.1 Å². The van der Waals surface area contributed by atoms with Gasteiger partial charge in [0.25, 0.3) is 23.6 Å². The number of nitrogens with zero attached hydrogens (tertiary/aromatic N) is 2. The number of carbonyl (C=O) groups excluding carboxylic acids is 5. The van der Waals surface area contributed by atoms with Gasteiger partial charge in [-0.1, -0.05) is 30.3 Å². The van der Waals surface area contributed by atoms with E-state index in [1.807, 2.05) is 0 Å². The first-order valence-corrected chi connectivity index (χ1v) is 8.58. The highest BCUT2D eigenvalue weighted by Crippen LogP contribution is 2.26. The molecular formula is C20H14N2O6. The predicted molar refractivity (Wildman–Crippen MR) is 95.1 cm³/mol. The number of hydroxylamine groups is 2. The molecule has 4 amide bonds. The van der Waals surface area contributed by atoms with Crippen molar-refractivity contribution in [1.82, 2.24) is 9.96 Å². The Morgan fingerprint density at radius 2 is 1.46 bits per heavy atom. The number of carbonyl (C=O) groups is 5. The number of hydrogen-bond acceptors (Lipinski definition) is 6. The largest absolute Gasteiger partial charge is 0.364 e. The summed E-state index contributed by atoms with van der Waals surface area (Å²) >= 11 is 0. The molecule has 0 radical (unpaired) electrons. The van der Waals surface area contributed by atoms with Crippen LogP contribution < -0.4 is 0 Å². The first-order chi connectivity index (χ1) is 13.5. The van der Waals surface area contributed by atoms with Gasteiger partial charge in [0.05, 0.1) is 12.1 Å². The molecule has 2 aromatic rings. The van der Waals surface area contributed by atoms with Crippen LogP contribution in [0.1, 0.15) is 28.8 Å². The summed E-state index contributed by atoms with van der Waals surface area (Å²) in [5.41, 5.74) is 0.843. The van der Waals surface area contributed by atoms with E-state index in [-0.39, 0.29) is 24.9 Å². The molecule has 0 spiro atoms. The maximum absolute atomic E-state index is 12.6. The van der Waals surface area contributed by atoms with Gasteiger partial charge in [-0.2, -0.15) is 0 Å². The van der Waals surface area contributed by atoms with E-state index in [0.717, 1.165) is 4.90 Å². The van der Waals surface area contributed by atoms with Crippen LogP contribution in [0.15, 0.2) is 48.6 Å². The Labute approximate surface area is 158 Å². The molecule has 0 bridgehead atoms. The van der Waals surface area contributed by atoms with Crippen LogP contribution in [0.25, 0.3) is 10.8 Å². The molecule has 0 saturated carbocycles. The van der Waals surface area contributed by atoms with Crippen LogP contribution in [-0.2, 0) is 30.6 Å². The third-order valence-corrected chi connectivity index (χ3v) is 4.64. The number of rotatable bonds is 4.